The van der Waals surface area contributed by atoms with E-state index in [1.165, 1.54) is 0 Å². The minimum atomic E-state index is -0.789. The second kappa shape index (κ2) is 7.50. The number of likely N-dealkylation sites (tertiary alicyclic amines) is 1. The van der Waals surface area contributed by atoms with Gasteiger partial charge in [0.05, 0.1) is 0 Å². The molecule has 1 unspecified atom stereocenters. The molecule has 1 aliphatic heterocycles. The number of urea groups is 1. The van der Waals surface area contributed by atoms with Crippen molar-refractivity contribution in [2.45, 2.75) is 65.3 Å². The summed E-state index contributed by atoms with van der Waals surface area (Å²) in [5.41, 5.74) is 0.0992. The van der Waals surface area contributed by atoms with Crippen LogP contribution >= 0.6 is 0 Å². The fourth-order valence-corrected chi connectivity index (χ4v) is 2.40. The van der Waals surface area contributed by atoms with Crippen LogP contribution < -0.4 is 5.32 Å². The maximum Gasteiger partial charge on any atom is 0.317 e. The van der Waals surface area contributed by atoms with Crippen LogP contribution in [-0.2, 0) is 4.79 Å². The van der Waals surface area contributed by atoms with Gasteiger partial charge in [0.1, 0.15) is 0 Å². The Morgan fingerprint density at radius 3 is 2.65 bits per heavy atom. The molecule has 1 rings (SSSR count). The molecular weight excluding hydrogens is 256 g/mol. The van der Waals surface area contributed by atoms with Crippen LogP contribution in [0.2, 0.25) is 0 Å². The van der Waals surface area contributed by atoms with Crippen LogP contribution in [0.25, 0.3) is 0 Å². The number of nitrogens with zero attached hydrogens (tertiary/aromatic N) is 1. The second-order valence-corrected chi connectivity index (χ2v) is 6.45. The van der Waals surface area contributed by atoms with Crippen molar-refractivity contribution in [3.63, 3.8) is 0 Å². The van der Waals surface area contributed by atoms with Gasteiger partial charge in [-0.3, -0.25) is 4.79 Å². The smallest absolute Gasteiger partial charge is 0.317 e. The highest BCUT2D eigenvalue weighted by Gasteiger charge is 2.27. The van der Waals surface area contributed by atoms with E-state index < -0.39 is 5.97 Å². The molecule has 0 bridgehead atoms. The maximum absolute atomic E-state index is 12.3. The first-order valence-corrected chi connectivity index (χ1v) is 7.62. The van der Waals surface area contributed by atoms with Gasteiger partial charge in [-0.15, -0.1) is 0 Å². The lowest BCUT2D eigenvalue weighted by molar-refractivity contribution is -0.137. The number of hydrogen-bond acceptors (Lipinski definition) is 2. The van der Waals surface area contributed by atoms with Crippen molar-refractivity contribution in [2.24, 2.45) is 5.41 Å². The summed E-state index contributed by atoms with van der Waals surface area (Å²) in [6.45, 7) is 7.77. The number of hydrogen-bond donors (Lipinski definition) is 2. The Morgan fingerprint density at radius 1 is 1.35 bits per heavy atom. The van der Waals surface area contributed by atoms with Crippen molar-refractivity contribution in [3.8, 4) is 0 Å². The van der Waals surface area contributed by atoms with Gasteiger partial charge in [-0.25, -0.2) is 4.79 Å². The van der Waals surface area contributed by atoms with E-state index in [1.807, 2.05) is 4.90 Å². The van der Waals surface area contributed by atoms with Crippen molar-refractivity contribution >= 4 is 12.0 Å². The van der Waals surface area contributed by atoms with Gasteiger partial charge >= 0.3 is 12.0 Å². The number of rotatable bonds is 6. The van der Waals surface area contributed by atoms with Crippen LogP contribution in [0.5, 0.6) is 0 Å². The molecule has 20 heavy (non-hydrogen) atoms. The molecule has 1 saturated heterocycles. The topological polar surface area (TPSA) is 69.6 Å². The Labute approximate surface area is 121 Å². The van der Waals surface area contributed by atoms with Crippen LogP contribution in [0.3, 0.4) is 0 Å². The molecule has 0 aromatic rings. The van der Waals surface area contributed by atoms with Crippen LogP contribution in [0.1, 0.15) is 59.3 Å². The Bertz CT molecular complexity index is 342. The van der Waals surface area contributed by atoms with E-state index in [9.17, 15) is 9.59 Å². The highest BCUT2D eigenvalue weighted by atomic mass is 16.4. The number of carboxylic acid groups (broad SMARTS) is 1. The van der Waals surface area contributed by atoms with Gasteiger partial charge in [0, 0.05) is 25.6 Å². The standard InChI is InChI=1S/C15H28N2O3/c1-4-15(2,3)11-16-14(20)17-10-6-5-7-12(17)8-9-13(18)19/h12H,4-11H2,1-3H3,(H,16,20)(H,18,19). The van der Waals surface area contributed by atoms with Gasteiger partial charge < -0.3 is 15.3 Å². The maximum atomic E-state index is 12.3. The van der Waals surface area contributed by atoms with Crippen LogP contribution in [0.4, 0.5) is 4.79 Å². The second-order valence-electron chi connectivity index (χ2n) is 6.45. The quantitative estimate of drug-likeness (QED) is 0.788. The summed E-state index contributed by atoms with van der Waals surface area (Å²) in [5.74, 6) is -0.789. The van der Waals surface area contributed by atoms with Crippen LogP contribution in [0.15, 0.2) is 0 Å². The summed E-state index contributed by atoms with van der Waals surface area (Å²) < 4.78 is 0. The molecule has 5 nitrogen and oxygen atoms in total. The Balaban J connectivity index is 2.51. The molecule has 1 fully saturated rings. The SMILES string of the molecule is CCC(C)(C)CNC(=O)N1CCCCC1CCC(=O)O. The van der Waals surface area contributed by atoms with Crippen molar-refractivity contribution in [2.75, 3.05) is 13.1 Å². The summed E-state index contributed by atoms with van der Waals surface area (Å²) >= 11 is 0. The summed E-state index contributed by atoms with van der Waals surface area (Å²) in [6.07, 6.45) is 4.70. The number of piperidine rings is 1. The molecule has 0 aromatic carbocycles. The minimum absolute atomic E-state index is 0.0402. The first-order valence-electron chi connectivity index (χ1n) is 7.62. The highest BCUT2D eigenvalue weighted by Crippen LogP contribution is 2.22. The molecule has 0 spiro atoms. The predicted molar refractivity (Wildman–Crippen MR) is 78.7 cm³/mol. The zero-order valence-electron chi connectivity index (χ0n) is 12.9. The van der Waals surface area contributed by atoms with Gasteiger partial charge in [-0.1, -0.05) is 20.8 Å². The predicted octanol–water partition coefficient (Wildman–Crippen LogP) is 2.85. The van der Waals surface area contributed by atoms with Crippen LogP contribution in [-0.4, -0.2) is 41.1 Å². The van der Waals surface area contributed by atoms with E-state index in [-0.39, 0.29) is 23.9 Å². The highest BCUT2D eigenvalue weighted by molar-refractivity contribution is 5.75. The van der Waals surface area contributed by atoms with Gasteiger partial charge in [-0.05, 0) is 37.5 Å². The molecule has 2 amide bonds. The summed E-state index contributed by atoms with van der Waals surface area (Å²) in [4.78, 5) is 24.8. The lowest BCUT2D eigenvalue weighted by Gasteiger charge is -2.36. The van der Waals surface area contributed by atoms with E-state index in [1.54, 1.807) is 0 Å². The molecule has 5 heteroatoms. The van der Waals surface area contributed by atoms with Crippen molar-refractivity contribution in [1.82, 2.24) is 10.2 Å². The Hall–Kier alpha value is -1.26. The first-order chi connectivity index (χ1) is 9.35. The molecule has 0 aromatic heterocycles. The zero-order valence-corrected chi connectivity index (χ0v) is 12.9. The number of carboxylic acids is 1. The Morgan fingerprint density at radius 2 is 2.05 bits per heavy atom. The third-order valence-electron chi connectivity index (χ3n) is 4.25. The summed E-state index contributed by atoms with van der Waals surface area (Å²) in [6, 6.07) is 0.0335. The molecule has 1 heterocycles. The normalized spacial score (nSPS) is 19.8. The van der Waals surface area contributed by atoms with E-state index in [0.29, 0.717) is 13.0 Å². The lowest BCUT2D eigenvalue weighted by atomic mass is 9.90. The van der Waals surface area contributed by atoms with E-state index in [2.05, 4.69) is 26.1 Å². The van der Waals surface area contributed by atoms with Gasteiger partial charge in [0.25, 0.3) is 0 Å². The number of carbonyl (C=O) groups excluding carboxylic acids is 1. The molecule has 116 valence electrons. The van der Waals surface area contributed by atoms with Gasteiger partial charge in [-0.2, -0.15) is 0 Å². The summed E-state index contributed by atoms with van der Waals surface area (Å²) in [5, 5.41) is 11.8. The van der Waals surface area contributed by atoms with Gasteiger partial charge in [0.15, 0.2) is 0 Å². The third kappa shape index (κ3) is 5.39. The molecular formula is C15H28N2O3. The van der Waals surface area contributed by atoms with E-state index in [0.717, 1.165) is 32.2 Å². The van der Waals surface area contributed by atoms with Crippen molar-refractivity contribution < 1.29 is 14.7 Å². The average Bonchev–Trinajstić information content (AvgIpc) is 2.43. The monoisotopic (exact) mass is 284 g/mol. The fraction of sp³-hybridized carbons (Fsp3) is 0.867. The van der Waals surface area contributed by atoms with Crippen molar-refractivity contribution in [1.29, 1.82) is 0 Å². The largest absolute Gasteiger partial charge is 0.481 e. The molecule has 1 atom stereocenters. The molecule has 0 radical (unpaired) electrons. The Kier molecular flexibility index (Phi) is 6.30. The van der Waals surface area contributed by atoms with E-state index >= 15 is 0 Å². The minimum Gasteiger partial charge on any atom is -0.481 e. The molecule has 1 aliphatic rings. The zero-order chi connectivity index (χ0) is 15.2. The number of carbonyl (C=O) groups is 2. The third-order valence-corrected chi connectivity index (χ3v) is 4.25. The number of nitrogens with one attached hydrogen (secondary N) is 1. The fourth-order valence-electron chi connectivity index (χ4n) is 2.40. The summed E-state index contributed by atoms with van der Waals surface area (Å²) in [7, 11) is 0. The molecule has 0 aliphatic carbocycles. The average molecular weight is 284 g/mol. The van der Waals surface area contributed by atoms with Crippen LogP contribution in [0, 0.1) is 5.41 Å². The lowest BCUT2D eigenvalue weighted by Crippen LogP contribution is -2.50. The number of aliphatic carboxylic acids is 1. The number of amides is 2. The van der Waals surface area contributed by atoms with Crippen molar-refractivity contribution in [3.05, 3.63) is 0 Å². The van der Waals surface area contributed by atoms with E-state index in [4.69, 9.17) is 5.11 Å². The molecule has 2 N–H and O–H groups in total. The van der Waals surface area contributed by atoms with Gasteiger partial charge in [0.2, 0.25) is 0 Å². The molecule has 0 saturated carbocycles. The first kappa shape index (κ1) is 16.8.